The molecule has 0 bridgehead atoms. The summed E-state index contributed by atoms with van der Waals surface area (Å²) in [4.78, 5) is 0.859. The van der Waals surface area contributed by atoms with E-state index in [-0.39, 0.29) is 5.82 Å². The molecule has 1 nitrogen and oxygen atoms in total. The average molecular weight is 267 g/mol. The van der Waals surface area contributed by atoms with Crippen LogP contribution in [-0.4, -0.2) is 11.3 Å². The van der Waals surface area contributed by atoms with E-state index < -0.39 is 0 Å². The molecular weight excluding hydrogens is 245 g/mol. The lowest BCUT2D eigenvalue weighted by Gasteiger charge is -2.15. The Hall–Kier alpha value is -0.540. The van der Waals surface area contributed by atoms with Crippen LogP contribution < -0.4 is 5.32 Å². The Morgan fingerprint density at radius 3 is 2.72 bits per heavy atom. The fourth-order valence-corrected chi connectivity index (χ4v) is 3.69. The van der Waals surface area contributed by atoms with Crippen molar-refractivity contribution >= 4 is 11.8 Å². The minimum Gasteiger partial charge on any atom is -0.310 e. The third kappa shape index (κ3) is 3.72. The summed E-state index contributed by atoms with van der Waals surface area (Å²) in [5, 5.41) is 3.99. The quantitative estimate of drug-likeness (QED) is 0.850. The number of halogens is 1. The van der Waals surface area contributed by atoms with Gasteiger partial charge in [-0.05, 0) is 24.5 Å². The third-order valence-corrected chi connectivity index (χ3v) is 4.83. The molecule has 0 amide bonds. The highest BCUT2D eigenvalue weighted by molar-refractivity contribution is 8.00. The number of rotatable bonds is 5. The van der Waals surface area contributed by atoms with Gasteiger partial charge in [0.1, 0.15) is 5.82 Å². The van der Waals surface area contributed by atoms with Crippen LogP contribution in [0.4, 0.5) is 4.39 Å². The molecule has 1 aliphatic carbocycles. The number of benzene rings is 1. The molecule has 1 aliphatic rings. The lowest BCUT2D eigenvalue weighted by molar-refractivity contribution is 0.564. The van der Waals surface area contributed by atoms with Gasteiger partial charge < -0.3 is 5.32 Å². The largest absolute Gasteiger partial charge is 0.310 e. The summed E-state index contributed by atoms with van der Waals surface area (Å²) in [5.74, 6) is -0.0602. The van der Waals surface area contributed by atoms with Crippen LogP contribution in [0.2, 0.25) is 0 Å². The molecule has 1 aromatic rings. The molecule has 1 saturated carbocycles. The normalized spacial score (nSPS) is 16.7. The Morgan fingerprint density at radius 1 is 1.33 bits per heavy atom. The maximum absolute atomic E-state index is 14.0. The Balaban J connectivity index is 2.09. The topological polar surface area (TPSA) is 12.0 Å². The van der Waals surface area contributed by atoms with Crippen LogP contribution in [0.15, 0.2) is 23.1 Å². The van der Waals surface area contributed by atoms with E-state index >= 15 is 0 Å². The van der Waals surface area contributed by atoms with Crippen LogP contribution in [0.5, 0.6) is 0 Å². The molecule has 18 heavy (non-hydrogen) atoms. The number of hydrogen-bond acceptors (Lipinski definition) is 2. The number of nitrogens with one attached hydrogen (secondary N) is 1. The Kier molecular flexibility index (Phi) is 5.07. The zero-order chi connectivity index (χ0) is 13.0. The Labute approximate surface area is 114 Å². The van der Waals surface area contributed by atoms with Gasteiger partial charge in [-0.3, -0.25) is 0 Å². The van der Waals surface area contributed by atoms with Crippen LogP contribution in [0.1, 0.15) is 45.1 Å². The summed E-state index contributed by atoms with van der Waals surface area (Å²) in [6, 6.07) is 5.86. The van der Waals surface area contributed by atoms with E-state index in [0.29, 0.717) is 11.3 Å². The van der Waals surface area contributed by atoms with Crippen LogP contribution in [0, 0.1) is 5.82 Å². The SMILES string of the molecule is CC(C)NCc1cccc(F)c1SC1CCCC1. The van der Waals surface area contributed by atoms with Crippen LogP contribution in [-0.2, 0) is 6.54 Å². The van der Waals surface area contributed by atoms with Crippen molar-refractivity contribution in [1.82, 2.24) is 5.32 Å². The van der Waals surface area contributed by atoms with Gasteiger partial charge in [0.05, 0.1) is 0 Å². The highest BCUT2D eigenvalue weighted by Crippen LogP contribution is 2.37. The van der Waals surface area contributed by atoms with E-state index in [4.69, 9.17) is 0 Å². The molecule has 0 radical (unpaired) electrons. The molecule has 0 atom stereocenters. The summed E-state index contributed by atoms with van der Waals surface area (Å²) in [7, 11) is 0. The van der Waals surface area contributed by atoms with Crippen LogP contribution in [0.25, 0.3) is 0 Å². The molecule has 0 aliphatic heterocycles. The van der Waals surface area contributed by atoms with E-state index in [9.17, 15) is 4.39 Å². The molecule has 1 fully saturated rings. The highest BCUT2D eigenvalue weighted by atomic mass is 32.2. The van der Waals surface area contributed by atoms with Crippen molar-refractivity contribution < 1.29 is 4.39 Å². The van der Waals surface area contributed by atoms with Crippen molar-refractivity contribution in [3.63, 3.8) is 0 Å². The van der Waals surface area contributed by atoms with Crippen molar-refractivity contribution in [2.45, 2.75) is 62.3 Å². The van der Waals surface area contributed by atoms with Crippen molar-refractivity contribution in [3.05, 3.63) is 29.6 Å². The van der Waals surface area contributed by atoms with Gasteiger partial charge in [-0.25, -0.2) is 4.39 Å². The predicted octanol–water partition coefficient (Wildman–Crippen LogP) is 4.36. The van der Waals surface area contributed by atoms with Crippen molar-refractivity contribution in [2.24, 2.45) is 0 Å². The van der Waals surface area contributed by atoms with Crippen molar-refractivity contribution in [2.75, 3.05) is 0 Å². The van der Waals surface area contributed by atoms with E-state index in [1.807, 2.05) is 12.1 Å². The van der Waals surface area contributed by atoms with Gasteiger partial charge in [0, 0.05) is 22.7 Å². The zero-order valence-corrected chi connectivity index (χ0v) is 12.0. The first-order chi connectivity index (χ1) is 8.66. The average Bonchev–Trinajstić information content (AvgIpc) is 2.82. The van der Waals surface area contributed by atoms with Crippen molar-refractivity contribution in [1.29, 1.82) is 0 Å². The maximum atomic E-state index is 14.0. The first-order valence-corrected chi connectivity index (χ1v) is 7.72. The Morgan fingerprint density at radius 2 is 2.06 bits per heavy atom. The second kappa shape index (κ2) is 6.58. The molecule has 2 rings (SSSR count). The highest BCUT2D eigenvalue weighted by Gasteiger charge is 2.19. The van der Waals surface area contributed by atoms with E-state index in [1.165, 1.54) is 25.7 Å². The summed E-state index contributed by atoms with van der Waals surface area (Å²) in [6.07, 6.45) is 5.06. The fraction of sp³-hybridized carbons (Fsp3) is 0.600. The molecule has 1 aromatic carbocycles. The summed E-state index contributed by atoms with van der Waals surface area (Å²) < 4.78 is 14.0. The maximum Gasteiger partial charge on any atom is 0.137 e. The minimum atomic E-state index is -0.0602. The van der Waals surface area contributed by atoms with Gasteiger partial charge in [-0.1, -0.05) is 38.8 Å². The van der Waals surface area contributed by atoms with E-state index in [2.05, 4.69) is 19.2 Å². The number of thioether (sulfide) groups is 1. The summed E-state index contributed by atoms with van der Waals surface area (Å²) in [5.41, 5.74) is 1.10. The molecule has 0 saturated heterocycles. The van der Waals surface area contributed by atoms with Gasteiger partial charge in [0.2, 0.25) is 0 Å². The van der Waals surface area contributed by atoms with Gasteiger partial charge >= 0.3 is 0 Å². The smallest absolute Gasteiger partial charge is 0.137 e. The predicted molar refractivity (Wildman–Crippen MR) is 76.5 cm³/mol. The second-order valence-corrected chi connectivity index (χ2v) is 6.60. The molecule has 0 aromatic heterocycles. The van der Waals surface area contributed by atoms with Crippen LogP contribution >= 0.6 is 11.8 Å². The van der Waals surface area contributed by atoms with Crippen LogP contribution in [0.3, 0.4) is 0 Å². The second-order valence-electron chi connectivity index (χ2n) is 5.29. The fourth-order valence-electron chi connectivity index (χ4n) is 2.31. The molecule has 3 heteroatoms. The van der Waals surface area contributed by atoms with Gasteiger partial charge in [0.25, 0.3) is 0 Å². The molecule has 1 N–H and O–H groups in total. The molecule has 0 unspecified atom stereocenters. The standard InChI is InChI=1S/C15H22FNS/c1-11(2)17-10-12-6-5-9-14(16)15(12)18-13-7-3-4-8-13/h5-6,9,11,13,17H,3-4,7-8,10H2,1-2H3. The van der Waals surface area contributed by atoms with Crippen molar-refractivity contribution in [3.8, 4) is 0 Å². The van der Waals surface area contributed by atoms with Gasteiger partial charge in [-0.2, -0.15) is 0 Å². The third-order valence-electron chi connectivity index (χ3n) is 3.34. The molecule has 0 spiro atoms. The Bertz CT molecular complexity index is 386. The van der Waals surface area contributed by atoms with E-state index in [0.717, 1.165) is 17.0 Å². The van der Waals surface area contributed by atoms with Gasteiger partial charge in [0.15, 0.2) is 0 Å². The number of hydrogen-bond donors (Lipinski definition) is 1. The molecular formula is C15H22FNS. The lowest BCUT2D eigenvalue weighted by Crippen LogP contribution is -2.22. The zero-order valence-electron chi connectivity index (χ0n) is 11.2. The molecule has 0 heterocycles. The summed E-state index contributed by atoms with van der Waals surface area (Å²) >= 11 is 1.74. The first kappa shape index (κ1) is 13.9. The van der Waals surface area contributed by atoms with E-state index in [1.54, 1.807) is 17.8 Å². The molecule has 100 valence electrons. The van der Waals surface area contributed by atoms with Gasteiger partial charge in [-0.15, -0.1) is 11.8 Å². The first-order valence-electron chi connectivity index (χ1n) is 6.84. The monoisotopic (exact) mass is 267 g/mol. The summed E-state index contributed by atoms with van der Waals surface area (Å²) in [6.45, 7) is 4.98. The minimum absolute atomic E-state index is 0.0602. The lowest BCUT2D eigenvalue weighted by atomic mass is 10.2.